The average Bonchev–Trinajstić information content (AvgIpc) is 3.70. The number of hydrogen-bond acceptors (Lipinski definition) is 3. The third-order valence-corrected chi connectivity index (χ3v) is 12.7. The molecule has 5 heteroatoms. The van der Waals surface area contributed by atoms with Crippen molar-refractivity contribution in [3.8, 4) is 90.7 Å². The van der Waals surface area contributed by atoms with Gasteiger partial charge in [-0.25, -0.2) is 4.85 Å². The molecule has 0 bridgehead atoms. The maximum absolute atomic E-state index is 10.2. The van der Waals surface area contributed by atoms with Crippen LogP contribution in [0.4, 0.5) is 5.69 Å². The van der Waals surface area contributed by atoms with E-state index >= 15 is 0 Å². The minimum Gasteiger partial charge on any atom is -0.309 e. The molecule has 0 aliphatic rings. The highest BCUT2D eigenvalue weighted by Crippen LogP contribution is 2.43. The fourth-order valence-corrected chi connectivity index (χ4v) is 9.47. The molecule has 0 atom stereocenters. The molecule has 0 saturated heterocycles. The summed E-state index contributed by atoms with van der Waals surface area (Å²) in [6, 6.07) is 72.4. The van der Waals surface area contributed by atoms with Crippen molar-refractivity contribution < 1.29 is 0 Å². The van der Waals surface area contributed by atoms with E-state index in [9.17, 15) is 15.8 Å². The van der Waals surface area contributed by atoms with Gasteiger partial charge in [0.2, 0.25) is 0 Å². The Balaban J connectivity index is 1.25. The molecule has 1 aromatic heterocycles. The van der Waals surface area contributed by atoms with E-state index in [0.717, 1.165) is 94.3 Å². The highest BCUT2D eigenvalue weighted by atomic mass is 15.0. The van der Waals surface area contributed by atoms with Crippen LogP contribution in [0, 0.1) is 40.6 Å². The first-order chi connectivity index (χ1) is 32.7. The molecule has 10 rings (SSSR count). The van der Waals surface area contributed by atoms with E-state index in [1.54, 1.807) is 0 Å². The van der Waals surface area contributed by atoms with Gasteiger partial charge in [0.05, 0.1) is 52.5 Å². The van der Waals surface area contributed by atoms with Crippen LogP contribution in [-0.2, 0) is 5.41 Å². The van der Waals surface area contributed by atoms with Gasteiger partial charge in [-0.15, -0.1) is 0 Å². The van der Waals surface area contributed by atoms with Crippen molar-refractivity contribution in [2.24, 2.45) is 0 Å². The van der Waals surface area contributed by atoms with Crippen LogP contribution in [0.3, 0.4) is 0 Å². The molecule has 5 nitrogen and oxygen atoms in total. The monoisotopic (exact) mass is 855 g/mol. The Kier molecular flexibility index (Phi) is 10.6. The first kappa shape index (κ1) is 41.7. The quantitative estimate of drug-likeness (QED) is 0.150. The van der Waals surface area contributed by atoms with Crippen molar-refractivity contribution in [1.29, 1.82) is 15.8 Å². The summed E-state index contributed by atoms with van der Waals surface area (Å²) in [5.74, 6) is 0. The van der Waals surface area contributed by atoms with Gasteiger partial charge < -0.3 is 4.57 Å². The predicted octanol–water partition coefficient (Wildman–Crippen LogP) is 16.2. The second-order valence-electron chi connectivity index (χ2n) is 17.8. The molecule has 314 valence electrons. The Morgan fingerprint density at radius 3 is 1.21 bits per heavy atom. The zero-order valence-electron chi connectivity index (χ0n) is 37.2. The molecule has 0 amide bonds. The van der Waals surface area contributed by atoms with Gasteiger partial charge >= 0.3 is 0 Å². The van der Waals surface area contributed by atoms with E-state index < -0.39 is 0 Å². The molecule has 1 heterocycles. The Morgan fingerprint density at radius 2 is 0.776 bits per heavy atom. The standard InChI is InChI=1S/C62H41N5/c1-62(2,3)57-22-12-14-24-61(57)67-59-27-25-40(45-29-47(51-18-8-5-15-42(51)37-63)33-48(30-45)52-19-9-6-16-43(52)38-64)35-55(59)56-36-41(26-28-60(56)67)46-31-49(53-20-10-7-17-44(53)39-65)34-50(32-46)54-21-11-13-23-58(54)66-4/h5-36H,1-3H3. The summed E-state index contributed by atoms with van der Waals surface area (Å²) >= 11 is 0. The zero-order valence-corrected chi connectivity index (χ0v) is 37.2. The summed E-state index contributed by atoms with van der Waals surface area (Å²) in [4.78, 5) is 3.88. The van der Waals surface area contributed by atoms with Crippen molar-refractivity contribution >= 4 is 27.5 Å². The third-order valence-electron chi connectivity index (χ3n) is 12.7. The van der Waals surface area contributed by atoms with Gasteiger partial charge in [-0.1, -0.05) is 130 Å². The van der Waals surface area contributed by atoms with E-state index in [0.29, 0.717) is 22.4 Å². The molecule has 0 saturated carbocycles. The van der Waals surface area contributed by atoms with Crippen LogP contribution < -0.4 is 0 Å². The molecule has 0 unspecified atom stereocenters. The molecule has 9 aromatic carbocycles. The molecule has 0 radical (unpaired) electrons. The largest absolute Gasteiger partial charge is 0.309 e. The summed E-state index contributed by atoms with van der Waals surface area (Å²) in [5, 5.41) is 32.7. The van der Waals surface area contributed by atoms with Crippen molar-refractivity contribution in [3.63, 3.8) is 0 Å². The number of rotatable bonds is 7. The van der Waals surface area contributed by atoms with E-state index in [1.807, 2.05) is 97.1 Å². The molecule has 0 spiro atoms. The average molecular weight is 856 g/mol. The Labute approximate surface area is 390 Å². The fraction of sp³-hybridized carbons (Fsp3) is 0.0645. The van der Waals surface area contributed by atoms with Crippen LogP contribution in [0.15, 0.2) is 194 Å². The summed E-state index contributed by atoms with van der Waals surface area (Å²) in [7, 11) is 0. The van der Waals surface area contributed by atoms with Gasteiger partial charge in [0, 0.05) is 16.5 Å². The SMILES string of the molecule is [C-]#[N+]c1ccccc1-c1cc(-c2ccc3c(c2)c2cc(-c4cc(-c5ccccc5C#N)cc(-c5ccccc5C#N)c4)ccc2n3-c2ccccc2C(C)(C)C)cc(-c2ccccc2C#N)c1. The van der Waals surface area contributed by atoms with Crippen molar-refractivity contribution in [2.75, 3.05) is 0 Å². The van der Waals surface area contributed by atoms with E-state index in [2.05, 4.69) is 145 Å². The molecule has 0 N–H and O–H groups in total. The number of hydrogen-bond donors (Lipinski definition) is 0. The normalized spacial score (nSPS) is 11.1. The highest BCUT2D eigenvalue weighted by Gasteiger charge is 2.23. The van der Waals surface area contributed by atoms with Crippen LogP contribution in [-0.4, -0.2) is 4.57 Å². The Morgan fingerprint density at radius 1 is 0.403 bits per heavy atom. The molecular formula is C62H41N5. The first-order valence-electron chi connectivity index (χ1n) is 22.1. The van der Waals surface area contributed by atoms with Gasteiger partial charge in [0.1, 0.15) is 0 Å². The van der Waals surface area contributed by atoms with Gasteiger partial charge in [0.25, 0.3) is 0 Å². The molecule has 67 heavy (non-hydrogen) atoms. The maximum Gasteiger partial charge on any atom is 0.194 e. The number of fused-ring (bicyclic) bond motifs is 3. The smallest absolute Gasteiger partial charge is 0.194 e. The molecule has 0 aliphatic heterocycles. The molecule has 0 fully saturated rings. The zero-order chi connectivity index (χ0) is 46.2. The van der Waals surface area contributed by atoms with Gasteiger partial charge in [-0.2, -0.15) is 15.8 Å². The molecule has 10 aromatic rings. The molecular weight excluding hydrogens is 815 g/mol. The second-order valence-corrected chi connectivity index (χ2v) is 17.8. The van der Waals surface area contributed by atoms with E-state index in [-0.39, 0.29) is 5.41 Å². The summed E-state index contributed by atoms with van der Waals surface area (Å²) in [6.45, 7) is 14.7. The minimum atomic E-state index is -0.145. The summed E-state index contributed by atoms with van der Waals surface area (Å²) < 4.78 is 2.38. The number of nitriles is 3. The maximum atomic E-state index is 10.2. The third kappa shape index (κ3) is 7.58. The topological polar surface area (TPSA) is 80.7 Å². The summed E-state index contributed by atoms with van der Waals surface area (Å²) in [5.41, 5.74) is 17.3. The molecule has 0 aliphatic carbocycles. The minimum absolute atomic E-state index is 0.145. The predicted molar refractivity (Wildman–Crippen MR) is 273 cm³/mol. The lowest BCUT2D eigenvalue weighted by molar-refractivity contribution is 0.587. The van der Waals surface area contributed by atoms with Crippen molar-refractivity contribution in [1.82, 2.24) is 4.57 Å². The van der Waals surface area contributed by atoms with Crippen molar-refractivity contribution in [2.45, 2.75) is 26.2 Å². The van der Waals surface area contributed by atoms with Gasteiger partial charge in [0.15, 0.2) is 5.69 Å². The van der Waals surface area contributed by atoms with Crippen LogP contribution in [0.2, 0.25) is 0 Å². The van der Waals surface area contributed by atoms with E-state index in [4.69, 9.17) is 6.57 Å². The Hall–Kier alpha value is -9.26. The first-order valence-corrected chi connectivity index (χ1v) is 22.1. The highest BCUT2D eigenvalue weighted by molar-refractivity contribution is 6.12. The van der Waals surface area contributed by atoms with E-state index in [1.165, 1.54) is 5.56 Å². The number of benzene rings is 9. The number of para-hydroxylation sites is 2. The van der Waals surface area contributed by atoms with Gasteiger partial charge in [-0.3, -0.25) is 0 Å². The fourth-order valence-electron chi connectivity index (χ4n) is 9.47. The Bertz CT molecular complexity index is 3420. The van der Waals surface area contributed by atoms with Crippen LogP contribution >= 0.6 is 0 Å². The van der Waals surface area contributed by atoms with Gasteiger partial charge in [-0.05, 0) is 163 Å². The number of aromatic nitrogens is 1. The lowest BCUT2D eigenvalue weighted by atomic mass is 9.85. The second kappa shape index (κ2) is 17.0. The lowest BCUT2D eigenvalue weighted by Crippen LogP contribution is -2.15. The number of nitrogens with zero attached hydrogens (tertiary/aromatic N) is 5. The van der Waals surface area contributed by atoms with Crippen LogP contribution in [0.1, 0.15) is 43.0 Å². The van der Waals surface area contributed by atoms with Crippen molar-refractivity contribution in [3.05, 3.63) is 228 Å². The van der Waals surface area contributed by atoms with Crippen LogP contribution in [0.25, 0.3) is 99.1 Å². The summed E-state index contributed by atoms with van der Waals surface area (Å²) in [6.07, 6.45) is 0. The van der Waals surface area contributed by atoms with Crippen LogP contribution in [0.5, 0.6) is 0 Å². The lowest BCUT2D eigenvalue weighted by Gasteiger charge is -2.24.